The lowest BCUT2D eigenvalue weighted by Gasteiger charge is -2.24. The number of fused-ring (bicyclic) bond motifs is 1. The van der Waals surface area contributed by atoms with Crippen LogP contribution >= 0.6 is 0 Å². The number of hydrogen-bond donors (Lipinski definition) is 2. The molecule has 0 amide bonds. The maximum atomic E-state index is 9.93. The molecule has 0 radical (unpaired) electrons. The number of methoxy groups -OCH3 is 3. The molecule has 0 unspecified atom stereocenters. The first-order valence-corrected chi connectivity index (χ1v) is 12.9. The third-order valence-electron chi connectivity index (χ3n) is 6.66. The van der Waals surface area contributed by atoms with Crippen LogP contribution in [0.2, 0.25) is 0 Å². The van der Waals surface area contributed by atoms with E-state index in [4.69, 9.17) is 28.9 Å². The molecule has 0 aliphatic carbocycles. The molecule has 1 aliphatic heterocycles. The van der Waals surface area contributed by atoms with Crippen molar-refractivity contribution in [1.82, 2.24) is 19.5 Å². The largest absolute Gasteiger partial charge is 0.493 e. The van der Waals surface area contributed by atoms with Crippen molar-refractivity contribution in [3.63, 3.8) is 0 Å². The van der Waals surface area contributed by atoms with E-state index >= 15 is 0 Å². The van der Waals surface area contributed by atoms with Gasteiger partial charge >= 0.3 is 0 Å². The van der Waals surface area contributed by atoms with Crippen molar-refractivity contribution in [3.05, 3.63) is 42.9 Å². The number of aromatic nitrogens is 4. The average Bonchev–Trinajstić information content (AvgIpc) is 3.62. The van der Waals surface area contributed by atoms with Gasteiger partial charge < -0.3 is 38.8 Å². The van der Waals surface area contributed by atoms with Crippen molar-refractivity contribution in [1.29, 1.82) is 0 Å². The van der Waals surface area contributed by atoms with E-state index in [2.05, 4.69) is 15.2 Å². The number of para-hydroxylation sites is 1. The average molecular weight is 535 g/mol. The van der Waals surface area contributed by atoms with Gasteiger partial charge in [0.1, 0.15) is 29.2 Å². The Balaban J connectivity index is 1.55. The second-order valence-electron chi connectivity index (χ2n) is 9.54. The van der Waals surface area contributed by atoms with Crippen LogP contribution in [0.25, 0.3) is 16.6 Å². The molecule has 1 fully saturated rings. The number of aliphatic hydroxyl groups excluding tert-OH is 1. The zero-order valence-corrected chi connectivity index (χ0v) is 22.8. The minimum Gasteiger partial charge on any atom is -0.493 e. The highest BCUT2D eigenvalue weighted by Gasteiger charge is 2.27. The van der Waals surface area contributed by atoms with Gasteiger partial charge in [0.25, 0.3) is 0 Å². The van der Waals surface area contributed by atoms with Crippen LogP contribution in [0.15, 0.2) is 42.9 Å². The molecule has 11 heteroatoms. The predicted molar refractivity (Wildman–Crippen MR) is 149 cm³/mol. The van der Waals surface area contributed by atoms with Crippen molar-refractivity contribution in [2.45, 2.75) is 38.8 Å². The molecule has 206 valence electrons. The number of rotatable bonds is 10. The Morgan fingerprint density at radius 1 is 1.05 bits per heavy atom. The molecule has 1 saturated heterocycles. The second-order valence-corrected chi connectivity index (χ2v) is 9.54. The van der Waals surface area contributed by atoms with Crippen LogP contribution in [0.4, 0.5) is 17.6 Å². The van der Waals surface area contributed by atoms with Crippen molar-refractivity contribution >= 4 is 28.5 Å². The SMILES string of the molecule is COc1cc(-n2cnc(Nc3nc(N4CCC[C@H]4CO)nc4c(OC(C)C)cccc34)c2)cc(OC)c1OC. The van der Waals surface area contributed by atoms with Gasteiger partial charge in [-0.2, -0.15) is 4.98 Å². The summed E-state index contributed by atoms with van der Waals surface area (Å²) >= 11 is 0. The monoisotopic (exact) mass is 534 g/mol. The summed E-state index contributed by atoms with van der Waals surface area (Å²) in [7, 11) is 4.74. The Kier molecular flexibility index (Phi) is 7.60. The van der Waals surface area contributed by atoms with E-state index < -0.39 is 0 Å². The first kappa shape index (κ1) is 26.4. The van der Waals surface area contributed by atoms with E-state index in [9.17, 15) is 5.11 Å². The van der Waals surface area contributed by atoms with E-state index in [0.29, 0.717) is 46.1 Å². The van der Waals surface area contributed by atoms with Gasteiger partial charge in [-0.25, -0.2) is 9.97 Å². The van der Waals surface area contributed by atoms with Crippen LogP contribution in [-0.2, 0) is 0 Å². The van der Waals surface area contributed by atoms with Crippen LogP contribution in [-0.4, -0.2) is 71.3 Å². The molecular formula is C28H34N6O5. The van der Waals surface area contributed by atoms with E-state index in [1.807, 2.05) is 54.9 Å². The molecule has 2 N–H and O–H groups in total. The van der Waals surface area contributed by atoms with Gasteiger partial charge in [-0.05, 0) is 38.8 Å². The number of hydrogen-bond acceptors (Lipinski definition) is 10. The van der Waals surface area contributed by atoms with Gasteiger partial charge in [0, 0.05) is 24.1 Å². The number of nitrogens with zero attached hydrogens (tertiary/aromatic N) is 5. The molecule has 0 spiro atoms. The van der Waals surface area contributed by atoms with E-state index in [0.717, 1.165) is 30.5 Å². The van der Waals surface area contributed by atoms with Crippen molar-refractivity contribution in [2.24, 2.45) is 0 Å². The van der Waals surface area contributed by atoms with E-state index in [1.54, 1.807) is 27.7 Å². The predicted octanol–water partition coefficient (Wildman–Crippen LogP) is 4.33. The van der Waals surface area contributed by atoms with Gasteiger partial charge in [-0.15, -0.1) is 0 Å². The molecule has 3 heterocycles. The molecule has 5 rings (SSSR count). The minimum atomic E-state index is -0.0206. The highest BCUT2D eigenvalue weighted by atomic mass is 16.5. The summed E-state index contributed by atoms with van der Waals surface area (Å²) in [5.74, 6) is 4.02. The quantitative estimate of drug-likeness (QED) is 0.304. The maximum absolute atomic E-state index is 9.93. The fourth-order valence-corrected chi connectivity index (χ4v) is 4.84. The Hall–Kier alpha value is -4.25. The molecule has 11 nitrogen and oxygen atoms in total. The van der Waals surface area contributed by atoms with Crippen LogP contribution in [0, 0.1) is 0 Å². The normalized spacial score (nSPS) is 15.2. The number of imidazole rings is 1. The van der Waals surface area contributed by atoms with Crippen LogP contribution in [0.5, 0.6) is 23.0 Å². The van der Waals surface area contributed by atoms with Gasteiger partial charge in [-0.1, -0.05) is 6.07 Å². The number of aliphatic hydroxyl groups is 1. The van der Waals surface area contributed by atoms with Crippen LogP contribution < -0.4 is 29.2 Å². The lowest BCUT2D eigenvalue weighted by molar-refractivity contribution is 0.245. The lowest BCUT2D eigenvalue weighted by Crippen LogP contribution is -2.33. The highest BCUT2D eigenvalue weighted by Crippen LogP contribution is 2.40. The third kappa shape index (κ3) is 5.22. The Labute approximate surface area is 227 Å². The summed E-state index contributed by atoms with van der Waals surface area (Å²) in [6.45, 7) is 4.79. The lowest BCUT2D eigenvalue weighted by atomic mass is 10.2. The van der Waals surface area contributed by atoms with Gasteiger partial charge in [0.2, 0.25) is 11.7 Å². The smallest absolute Gasteiger partial charge is 0.228 e. The number of benzene rings is 2. The molecule has 2 aromatic carbocycles. The number of nitrogens with one attached hydrogen (secondary N) is 1. The van der Waals surface area contributed by atoms with Crippen molar-refractivity contribution in [3.8, 4) is 28.7 Å². The fourth-order valence-electron chi connectivity index (χ4n) is 4.84. The highest BCUT2D eigenvalue weighted by molar-refractivity contribution is 5.95. The van der Waals surface area contributed by atoms with Crippen LogP contribution in [0.1, 0.15) is 26.7 Å². The van der Waals surface area contributed by atoms with Crippen molar-refractivity contribution < 1.29 is 24.1 Å². The number of anilines is 3. The summed E-state index contributed by atoms with van der Waals surface area (Å²) in [4.78, 5) is 16.4. The fraction of sp³-hybridized carbons (Fsp3) is 0.393. The Morgan fingerprint density at radius 2 is 1.82 bits per heavy atom. The zero-order chi connectivity index (χ0) is 27.5. The summed E-state index contributed by atoms with van der Waals surface area (Å²) in [6.07, 6.45) is 5.40. The first-order valence-electron chi connectivity index (χ1n) is 12.9. The van der Waals surface area contributed by atoms with Gasteiger partial charge in [-0.3, -0.25) is 0 Å². The Bertz CT molecular complexity index is 1430. The molecule has 4 aromatic rings. The standard InChI is InChI=1S/C28H34N6O5/c1-17(2)39-21-10-6-9-20-25(21)31-28(34-11-7-8-18(34)15-35)32-27(20)30-24-14-33(16-29-24)19-12-22(36-3)26(38-5)23(13-19)37-4/h6,9-10,12-14,16-18,35H,7-8,11,15H2,1-5H3,(H,30,31,32)/t18-/m0/s1. The summed E-state index contributed by atoms with van der Waals surface area (Å²) < 4.78 is 24.4. The molecule has 1 atom stereocenters. The third-order valence-corrected chi connectivity index (χ3v) is 6.66. The second kappa shape index (κ2) is 11.2. The molecule has 39 heavy (non-hydrogen) atoms. The summed E-state index contributed by atoms with van der Waals surface area (Å²) in [6, 6.07) is 9.47. The van der Waals surface area contributed by atoms with E-state index in [-0.39, 0.29) is 18.8 Å². The summed E-state index contributed by atoms with van der Waals surface area (Å²) in [5, 5.41) is 14.1. The zero-order valence-electron chi connectivity index (χ0n) is 22.8. The molecule has 2 aromatic heterocycles. The number of ether oxygens (including phenoxy) is 4. The van der Waals surface area contributed by atoms with Crippen molar-refractivity contribution in [2.75, 3.05) is 44.7 Å². The molecule has 1 aliphatic rings. The summed E-state index contributed by atoms with van der Waals surface area (Å²) in [5.41, 5.74) is 1.49. The topological polar surface area (TPSA) is 116 Å². The van der Waals surface area contributed by atoms with E-state index in [1.165, 1.54) is 0 Å². The molecule has 0 bridgehead atoms. The van der Waals surface area contributed by atoms with Gasteiger partial charge in [0.15, 0.2) is 11.5 Å². The maximum Gasteiger partial charge on any atom is 0.228 e. The molecular weight excluding hydrogens is 500 g/mol. The van der Waals surface area contributed by atoms with Crippen LogP contribution in [0.3, 0.4) is 0 Å². The van der Waals surface area contributed by atoms with Gasteiger partial charge in [0.05, 0.1) is 52.0 Å². The first-order chi connectivity index (χ1) is 18.9. The minimum absolute atomic E-state index is 0.0171. The Morgan fingerprint density at radius 3 is 2.49 bits per heavy atom. The molecule has 0 saturated carbocycles.